The van der Waals surface area contributed by atoms with Gasteiger partial charge >= 0.3 is 0 Å². The fourth-order valence-electron chi connectivity index (χ4n) is 2.03. The van der Waals surface area contributed by atoms with Crippen LogP contribution in [0.2, 0.25) is 0 Å². The molecule has 21 heavy (non-hydrogen) atoms. The van der Waals surface area contributed by atoms with Crippen LogP contribution in [-0.4, -0.2) is 22.6 Å². The van der Waals surface area contributed by atoms with Gasteiger partial charge in [-0.2, -0.15) is 4.98 Å². The molecule has 0 aliphatic rings. The number of nitrogens with zero attached hydrogens (tertiary/aromatic N) is 2. The predicted octanol–water partition coefficient (Wildman–Crippen LogP) is 3.63. The molecule has 0 saturated heterocycles. The Balaban J connectivity index is 1.91. The van der Waals surface area contributed by atoms with E-state index < -0.39 is 0 Å². The van der Waals surface area contributed by atoms with Gasteiger partial charge in [0.05, 0.1) is 6.26 Å². The van der Waals surface area contributed by atoms with Crippen molar-refractivity contribution in [2.24, 2.45) is 0 Å². The lowest BCUT2D eigenvalue weighted by Gasteiger charge is -2.16. The van der Waals surface area contributed by atoms with Crippen molar-refractivity contribution in [1.82, 2.24) is 9.97 Å². The zero-order chi connectivity index (χ0) is 15.1. The molecule has 114 valence electrons. The monoisotopic (exact) mass is 288 g/mol. The van der Waals surface area contributed by atoms with Gasteiger partial charge in [0.1, 0.15) is 11.6 Å². The van der Waals surface area contributed by atoms with E-state index >= 15 is 0 Å². The topological polar surface area (TPSA) is 63.0 Å². The molecule has 1 unspecified atom stereocenters. The van der Waals surface area contributed by atoms with Crippen LogP contribution in [0.4, 0.5) is 11.8 Å². The number of aromatic nitrogens is 2. The Morgan fingerprint density at radius 3 is 2.95 bits per heavy atom. The lowest BCUT2D eigenvalue weighted by atomic mass is 10.1. The minimum atomic E-state index is 0.322. The van der Waals surface area contributed by atoms with Crippen LogP contribution in [0, 0.1) is 6.92 Å². The Kier molecular flexibility index (Phi) is 5.60. The molecule has 0 radical (unpaired) electrons. The Bertz CT molecular complexity index is 539. The zero-order valence-electron chi connectivity index (χ0n) is 13.0. The number of furan rings is 1. The van der Waals surface area contributed by atoms with Gasteiger partial charge in [-0.15, -0.1) is 0 Å². The molecule has 0 amide bonds. The van der Waals surface area contributed by atoms with Crippen molar-refractivity contribution in [1.29, 1.82) is 0 Å². The van der Waals surface area contributed by atoms with E-state index in [2.05, 4.69) is 34.4 Å². The van der Waals surface area contributed by atoms with Crippen molar-refractivity contribution in [3.63, 3.8) is 0 Å². The number of hydrogen-bond acceptors (Lipinski definition) is 5. The zero-order valence-corrected chi connectivity index (χ0v) is 13.0. The molecule has 0 bridgehead atoms. The number of hydrogen-bond donors (Lipinski definition) is 2. The van der Waals surface area contributed by atoms with Gasteiger partial charge in [0.15, 0.2) is 0 Å². The summed E-state index contributed by atoms with van der Waals surface area (Å²) in [6, 6.07) is 4.26. The molecule has 2 N–H and O–H groups in total. The molecular weight excluding hydrogens is 264 g/mol. The second kappa shape index (κ2) is 7.67. The first-order chi connectivity index (χ1) is 10.2. The van der Waals surface area contributed by atoms with Gasteiger partial charge < -0.3 is 15.1 Å². The third-order valence-corrected chi connectivity index (χ3v) is 3.29. The van der Waals surface area contributed by atoms with Crippen molar-refractivity contribution >= 4 is 11.8 Å². The van der Waals surface area contributed by atoms with Gasteiger partial charge in [-0.1, -0.05) is 6.92 Å². The van der Waals surface area contributed by atoms with Gasteiger partial charge in [-0.25, -0.2) is 4.98 Å². The quantitative estimate of drug-likeness (QED) is 0.776. The summed E-state index contributed by atoms with van der Waals surface area (Å²) in [6.45, 7) is 7.18. The van der Waals surface area contributed by atoms with E-state index in [-0.39, 0.29) is 0 Å². The highest BCUT2D eigenvalue weighted by atomic mass is 16.3. The SMILES string of the molecule is CCCNc1ncc(C)c(NC(C)CCc2ccco2)n1. The fourth-order valence-corrected chi connectivity index (χ4v) is 2.03. The van der Waals surface area contributed by atoms with Crippen LogP contribution < -0.4 is 10.6 Å². The predicted molar refractivity (Wildman–Crippen MR) is 85.7 cm³/mol. The molecule has 1 atom stereocenters. The number of nitrogens with one attached hydrogen (secondary N) is 2. The molecule has 0 spiro atoms. The molecule has 2 rings (SSSR count). The first-order valence-electron chi connectivity index (χ1n) is 7.55. The molecule has 2 heterocycles. The number of anilines is 2. The molecular formula is C16H24N4O. The highest BCUT2D eigenvalue weighted by Crippen LogP contribution is 2.15. The minimum Gasteiger partial charge on any atom is -0.469 e. The molecule has 2 aromatic heterocycles. The van der Waals surface area contributed by atoms with Crippen molar-refractivity contribution in [3.8, 4) is 0 Å². The number of rotatable bonds is 8. The average Bonchev–Trinajstić information content (AvgIpc) is 2.99. The second-order valence-corrected chi connectivity index (χ2v) is 5.32. The van der Waals surface area contributed by atoms with Crippen LogP contribution in [0.1, 0.15) is 38.0 Å². The van der Waals surface area contributed by atoms with Crippen LogP contribution in [0.15, 0.2) is 29.0 Å². The summed E-state index contributed by atoms with van der Waals surface area (Å²) in [4.78, 5) is 8.83. The first kappa shape index (κ1) is 15.4. The third kappa shape index (κ3) is 4.77. The lowest BCUT2D eigenvalue weighted by Crippen LogP contribution is -2.18. The average molecular weight is 288 g/mol. The lowest BCUT2D eigenvalue weighted by molar-refractivity contribution is 0.495. The van der Waals surface area contributed by atoms with E-state index in [1.807, 2.05) is 25.3 Å². The maximum Gasteiger partial charge on any atom is 0.224 e. The Morgan fingerprint density at radius 1 is 1.38 bits per heavy atom. The standard InChI is InChI=1S/C16H24N4O/c1-4-9-17-16-18-11-12(2)15(20-16)19-13(3)7-8-14-6-5-10-21-14/h5-6,10-11,13H,4,7-9H2,1-3H3,(H2,17,18,19,20). The Labute approximate surface area is 126 Å². The van der Waals surface area contributed by atoms with Crippen LogP contribution in [0.5, 0.6) is 0 Å². The summed E-state index contributed by atoms with van der Waals surface area (Å²) in [5, 5.41) is 6.67. The van der Waals surface area contributed by atoms with Crippen LogP contribution >= 0.6 is 0 Å². The van der Waals surface area contributed by atoms with Gasteiger partial charge in [0.2, 0.25) is 5.95 Å². The van der Waals surface area contributed by atoms with Gasteiger partial charge in [0, 0.05) is 30.8 Å². The summed E-state index contributed by atoms with van der Waals surface area (Å²) in [5.74, 6) is 2.60. The molecule has 0 aliphatic carbocycles. The maximum absolute atomic E-state index is 5.36. The minimum absolute atomic E-state index is 0.322. The maximum atomic E-state index is 5.36. The van der Waals surface area contributed by atoms with Crippen molar-refractivity contribution in [2.45, 2.75) is 46.1 Å². The van der Waals surface area contributed by atoms with E-state index in [0.29, 0.717) is 12.0 Å². The van der Waals surface area contributed by atoms with E-state index in [1.165, 1.54) is 0 Å². The Morgan fingerprint density at radius 2 is 2.24 bits per heavy atom. The number of aryl methyl sites for hydroxylation is 2. The van der Waals surface area contributed by atoms with Gasteiger partial charge in [-0.3, -0.25) is 0 Å². The van der Waals surface area contributed by atoms with E-state index in [0.717, 1.165) is 42.9 Å². The van der Waals surface area contributed by atoms with Crippen LogP contribution in [-0.2, 0) is 6.42 Å². The van der Waals surface area contributed by atoms with Gasteiger partial charge in [0.25, 0.3) is 0 Å². The van der Waals surface area contributed by atoms with Crippen LogP contribution in [0.3, 0.4) is 0 Å². The first-order valence-corrected chi connectivity index (χ1v) is 7.55. The summed E-state index contributed by atoms with van der Waals surface area (Å²) < 4.78 is 5.36. The summed E-state index contributed by atoms with van der Waals surface area (Å²) in [5.41, 5.74) is 1.06. The van der Waals surface area contributed by atoms with E-state index in [1.54, 1.807) is 6.26 Å². The highest BCUT2D eigenvalue weighted by molar-refractivity contribution is 5.46. The smallest absolute Gasteiger partial charge is 0.224 e. The van der Waals surface area contributed by atoms with E-state index in [4.69, 9.17) is 4.42 Å². The van der Waals surface area contributed by atoms with Crippen LogP contribution in [0.25, 0.3) is 0 Å². The molecule has 5 heteroatoms. The third-order valence-electron chi connectivity index (χ3n) is 3.29. The van der Waals surface area contributed by atoms with Crippen molar-refractivity contribution in [3.05, 3.63) is 35.9 Å². The van der Waals surface area contributed by atoms with Gasteiger partial charge in [-0.05, 0) is 38.8 Å². The normalized spacial score (nSPS) is 12.1. The molecule has 2 aromatic rings. The van der Waals surface area contributed by atoms with Crippen molar-refractivity contribution in [2.75, 3.05) is 17.2 Å². The second-order valence-electron chi connectivity index (χ2n) is 5.32. The molecule has 0 aliphatic heterocycles. The molecule has 0 aromatic carbocycles. The summed E-state index contributed by atoms with van der Waals surface area (Å²) in [6.07, 6.45) is 6.54. The summed E-state index contributed by atoms with van der Waals surface area (Å²) in [7, 11) is 0. The Hall–Kier alpha value is -2.04. The molecule has 5 nitrogen and oxygen atoms in total. The molecule has 0 fully saturated rings. The highest BCUT2D eigenvalue weighted by Gasteiger charge is 2.08. The summed E-state index contributed by atoms with van der Waals surface area (Å²) >= 11 is 0. The fraction of sp³-hybridized carbons (Fsp3) is 0.500. The molecule has 0 saturated carbocycles. The largest absolute Gasteiger partial charge is 0.469 e. The van der Waals surface area contributed by atoms with Crippen molar-refractivity contribution < 1.29 is 4.42 Å². The van der Waals surface area contributed by atoms with E-state index in [9.17, 15) is 0 Å².